The molecule has 0 saturated carbocycles. The molecular weight excluding hydrogens is 290 g/mol. The Hall–Kier alpha value is -1.84. The number of hydrogen-bond acceptors (Lipinski definition) is 3. The molecule has 126 valence electrons. The van der Waals surface area contributed by atoms with Crippen LogP contribution in [0, 0.1) is 0 Å². The number of ether oxygens (including phenoxy) is 1. The maximum atomic E-state index is 12.4. The van der Waals surface area contributed by atoms with Crippen molar-refractivity contribution in [1.29, 1.82) is 0 Å². The van der Waals surface area contributed by atoms with Crippen LogP contribution in [0.2, 0.25) is 0 Å². The van der Waals surface area contributed by atoms with Gasteiger partial charge in [0.2, 0.25) is 0 Å². The van der Waals surface area contributed by atoms with Crippen molar-refractivity contribution in [2.45, 2.75) is 64.5 Å². The second-order valence-corrected chi connectivity index (χ2v) is 6.41. The van der Waals surface area contributed by atoms with Crippen LogP contribution in [-0.4, -0.2) is 35.5 Å². The predicted octanol–water partition coefficient (Wildman–Crippen LogP) is 3.51. The molecular formula is C19H27NO3. The van der Waals surface area contributed by atoms with Crippen molar-refractivity contribution >= 4 is 11.9 Å². The smallest absolute Gasteiger partial charge is 0.313 e. The van der Waals surface area contributed by atoms with Crippen molar-refractivity contribution < 1.29 is 14.3 Å². The first-order chi connectivity index (χ1) is 11.0. The fraction of sp³-hybridized carbons (Fsp3) is 0.579. The normalized spacial score (nSPS) is 22.5. The zero-order valence-corrected chi connectivity index (χ0v) is 14.3. The first kappa shape index (κ1) is 17.5. The summed E-state index contributed by atoms with van der Waals surface area (Å²) in [6.45, 7) is 5.93. The van der Waals surface area contributed by atoms with Gasteiger partial charge in [0.15, 0.2) is 6.61 Å². The SMILES string of the molecule is CC[C@@H](C(=O)OCC(=O)N1[C@@H](C)CCC[C@@H]1C)c1ccccc1. The molecule has 0 unspecified atom stereocenters. The fourth-order valence-electron chi connectivity index (χ4n) is 3.44. The molecule has 0 spiro atoms. The van der Waals surface area contributed by atoms with E-state index in [0.717, 1.165) is 24.8 Å². The van der Waals surface area contributed by atoms with E-state index >= 15 is 0 Å². The van der Waals surface area contributed by atoms with Crippen molar-refractivity contribution in [2.75, 3.05) is 6.61 Å². The number of carbonyl (C=O) groups excluding carboxylic acids is 2. The van der Waals surface area contributed by atoms with Crippen LogP contribution >= 0.6 is 0 Å². The third kappa shape index (κ3) is 4.34. The molecule has 4 heteroatoms. The maximum Gasteiger partial charge on any atom is 0.313 e. The second-order valence-electron chi connectivity index (χ2n) is 6.41. The van der Waals surface area contributed by atoms with Gasteiger partial charge in [-0.15, -0.1) is 0 Å². The lowest BCUT2D eigenvalue weighted by atomic mass is 9.97. The number of amides is 1. The van der Waals surface area contributed by atoms with E-state index in [2.05, 4.69) is 13.8 Å². The maximum absolute atomic E-state index is 12.4. The van der Waals surface area contributed by atoms with Gasteiger partial charge >= 0.3 is 5.97 Å². The minimum absolute atomic E-state index is 0.0824. The van der Waals surface area contributed by atoms with Crippen LogP contribution in [-0.2, 0) is 14.3 Å². The van der Waals surface area contributed by atoms with Crippen LogP contribution in [0.5, 0.6) is 0 Å². The number of carbonyl (C=O) groups is 2. The van der Waals surface area contributed by atoms with E-state index in [4.69, 9.17) is 4.74 Å². The van der Waals surface area contributed by atoms with Crippen molar-refractivity contribution in [2.24, 2.45) is 0 Å². The summed E-state index contributed by atoms with van der Waals surface area (Å²) in [5.74, 6) is -0.703. The number of benzene rings is 1. The molecule has 1 aliphatic rings. The first-order valence-corrected chi connectivity index (χ1v) is 8.57. The number of esters is 1. The highest BCUT2D eigenvalue weighted by molar-refractivity contribution is 5.83. The monoisotopic (exact) mass is 317 g/mol. The molecule has 23 heavy (non-hydrogen) atoms. The van der Waals surface area contributed by atoms with Crippen LogP contribution < -0.4 is 0 Å². The molecule has 2 rings (SSSR count). The summed E-state index contributed by atoms with van der Waals surface area (Å²) < 4.78 is 5.33. The van der Waals surface area contributed by atoms with Gasteiger partial charge in [-0.25, -0.2) is 0 Å². The zero-order valence-electron chi connectivity index (χ0n) is 14.3. The average Bonchev–Trinajstić information content (AvgIpc) is 2.54. The van der Waals surface area contributed by atoms with E-state index in [1.807, 2.05) is 42.2 Å². The molecule has 1 aromatic rings. The highest BCUT2D eigenvalue weighted by Crippen LogP contribution is 2.24. The van der Waals surface area contributed by atoms with Crippen LogP contribution in [0.25, 0.3) is 0 Å². The quantitative estimate of drug-likeness (QED) is 0.781. The van der Waals surface area contributed by atoms with Gasteiger partial charge in [0.05, 0.1) is 5.92 Å². The van der Waals surface area contributed by atoms with Gasteiger partial charge in [-0.2, -0.15) is 0 Å². The summed E-state index contributed by atoms with van der Waals surface area (Å²) in [5, 5.41) is 0. The third-order valence-corrected chi connectivity index (χ3v) is 4.71. The Morgan fingerprint density at radius 2 is 1.78 bits per heavy atom. The Balaban J connectivity index is 1.93. The van der Waals surface area contributed by atoms with Gasteiger partial charge < -0.3 is 9.64 Å². The lowest BCUT2D eigenvalue weighted by Crippen LogP contribution is -2.49. The number of nitrogens with zero attached hydrogens (tertiary/aromatic N) is 1. The standard InChI is InChI=1S/C19H27NO3/c1-4-17(16-11-6-5-7-12-16)19(22)23-13-18(21)20-14(2)9-8-10-15(20)3/h5-7,11-12,14-15,17H,4,8-10,13H2,1-3H3/t14-,15-,17+/m0/s1. The lowest BCUT2D eigenvalue weighted by molar-refractivity contribution is -0.156. The Morgan fingerprint density at radius 1 is 1.17 bits per heavy atom. The Bertz CT molecular complexity index is 519. The predicted molar refractivity (Wildman–Crippen MR) is 90.1 cm³/mol. The van der Waals surface area contributed by atoms with Gasteiger partial charge in [-0.3, -0.25) is 9.59 Å². The van der Waals surface area contributed by atoms with E-state index in [1.165, 1.54) is 0 Å². The van der Waals surface area contributed by atoms with E-state index in [-0.39, 0.29) is 36.5 Å². The molecule has 3 atom stereocenters. The number of rotatable bonds is 5. The molecule has 0 bridgehead atoms. The number of piperidine rings is 1. The molecule has 1 aromatic carbocycles. The molecule has 1 saturated heterocycles. The van der Waals surface area contributed by atoms with Gasteiger partial charge in [-0.1, -0.05) is 37.3 Å². The molecule has 1 aliphatic heterocycles. The van der Waals surface area contributed by atoms with Crippen molar-refractivity contribution in [3.8, 4) is 0 Å². The number of hydrogen-bond donors (Lipinski definition) is 0. The molecule has 0 radical (unpaired) electrons. The van der Waals surface area contributed by atoms with Crippen LogP contribution in [0.3, 0.4) is 0 Å². The highest BCUT2D eigenvalue weighted by Gasteiger charge is 2.30. The Kier molecular flexibility index (Phi) is 6.20. The Labute approximate surface area is 138 Å². The average molecular weight is 317 g/mol. The summed E-state index contributed by atoms with van der Waals surface area (Å²) in [6.07, 6.45) is 3.85. The summed E-state index contributed by atoms with van der Waals surface area (Å²) >= 11 is 0. The summed E-state index contributed by atoms with van der Waals surface area (Å²) in [6, 6.07) is 10.0. The van der Waals surface area contributed by atoms with Crippen LogP contribution in [0.15, 0.2) is 30.3 Å². The van der Waals surface area contributed by atoms with E-state index in [9.17, 15) is 9.59 Å². The van der Waals surface area contributed by atoms with Crippen molar-refractivity contribution in [3.05, 3.63) is 35.9 Å². The van der Waals surface area contributed by atoms with E-state index < -0.39 is 0 Å². The van der Waals surface area contributed by atoms with Gasteiger partial charge in [-0.05, 0) is 45.1 Å². The molecule has 1 heterocycles. The van der Waals surface area contributed by atoms with E-state index in [0.29, 0.717) is 6.42 Å². The first-order valence-electron chi connectivity index (χ1n) is 8.57. The molecule has 0 N–H and O–H groups in total. The van der Waals surface area contributed by atoms with Gasteiger partial charge in [0.1, 0.15) is 0 Å². The third-order valence-electron chi connectivity index (χ3n) is 4.71. The fourth-order valence-corrected chi connectivity index (χ4v) is 3.44. The molecule has 0 aromatic heterocycles. The zero-order chi connectivity index (χ0) is 16.8. The van der Waals surface area contributed by atoms with E-state index in [1.54, 1.807) is 0 Å². The van der Waals surface area contributed by atoms with Gasteiger partial charge in [0, 0.05) is 12.1 Å². The largest absolute Gasteiger partial charge is 0.455 e. The molecule has 1 amide bonds. The summed E-state index contributed by atoms with van der Waals surface area (Å²) in [7, 11) is 0. The second kappa shape index (κ2) is 8.14. The van der Waals surface area contributed by atoms with Crippen LogP contribution in [0.1, 0.15) is 57.9 Å². The van der Waals surface area contributed by atoms with Crippen molar-refractivity contribution in [1.82, 2.24) is 4.90 Å². The minimum atomic E-state index is -0.315. The van der Waals surface area contributed by atoms with Crippen LogP contribution in [0.4, 0.5) is 0 Å². The molecule has 0 aliphatic carbocycles. The highest BCUT2D eigenvalue weighted by atomic mass is 16.5. The summed E-state index contributed by atoms with van der Waals surface area (Å²) in [5.41, 5.74) is 0.937. The van der Waals surface area contributed by atoms with Gasteiger partial charge in [0.25, 0.3) is 5.91 Å². The summed E-state index contributed by atoms with van der Waals surface area (Å²) in [4.78, 5) is 26.6. The number of likely N-dealkylation sites (tertiary alicyclic amines) is 1. The molecule has 4 nitrogen and oxygen atoms in total. The molecule has 1 fully saturated rings. The minimum Gasteiger partial charge on any atom is -0.455 e. The lowest BCUT2D eigenvalue weighted by Gasteiger charge is -2.38. The Morgan fingerprint density at radius 3 is 2.35 bits per heavy atom. The van der Waals surface area contributed by atoms with Crippen molar-refractivity contribution in [3.63, 3.8) is 0 Å². The topological polar surface area (TPSA) is 46.6 Å².